The van der Waals surface area contributed by atoms with E-state index in [1.165, 1.54) is 5.56 Å². The van der Waals surface area contributed by atoms with Gasteiger partial charge in [-0.1, -0.05) is 30.3 Å². The van der Waals surface area contributed by atoms with Gasteiger partial charge in [-0.3, -0.25) is 15.1 Å². The van der Waals surface area contributed by atoms with Crippen LogP contribution in [0.15, 0.2) is 30.3 Å². The first-order valence-corrected chi connectivity index (χ1v) is 6.52. The second-order valence-corrected chi connectivity index (χ2v) is 4.88. The lowest BCUT2D eigenvalue weighted by atomic mass is 10.2. The summed E-state index contributed by atoms with van der Waals surface area (Å²) < 4.78 is 0. The fourth-order valence-electron chi connectivity index (χ4n) is 1.95. The molecule has 0 aliphatic heterocycles. The van der Waals surface area contributed by atoms with Crippen molar-refractivity contribution in [2.24, 2.45) is 5.84 Å². The molecule has 0 atom stereocenters. The third-order valence-corrected chi connectivity index (χ3v) is 2.95. The van der Waals surface area contributed by atoms with Gasteiger partial charge < -0.3 is 4.90 Å². The number of rotatable bonds is 8. The molecule has 1 amide bonds. The molecule has 0 saturated heterocycles. The highest BCUT2D eigenvalue weighted by Crippen LogP contribution is 2.03. The number of nitrogens with two attached hydrogens (primary N) is 1. The van der Waals surface area contributed by atoms with Crippen molar-refractivity contribution >= 4 is 5.91 Å². The van der Waals surface area contributed by atoms with Gasteiger partial charge in [-0.25, -0.2) is 5.84 Å². The van der Waals surface area contributed by atoms with Gasteiger partial charge in [0.05, 0.1) is 6.54 Å². The van der Waals surface area contributed by atoms with Gasteiger partial charge in [0.1, 0.15) is 0 Å². The summed E-state index contributed by atoms with van der Waals surface area (Å²) in [6, 6.07) is 10.4. The van der Waals surface area contributed by atoms with Crippen molar-refractivity contribution in [1.29, 1.82) is 0 Å². The van der Waals surface area contributed by atoms with Crippen molar-refractivity contribution in [2.75, 3.05) is 33.7 Å². The SMILES string of the molecule is CN(CCCN(C)Cc1ccccc1)CC(=O)NN. The average Bonchev–Trinajstić information content (AvgIpc) is 2.39. The molecule has 0 unspecified atom stereocenters. The van der Waals surface area contributed by atoms with Crippen LogP contribution in [0, 0.1) is 0 Å². The minimum absolute atomic E-state index is 0.153. The molecule has 5 heteroatoms. The Kier molecular flexibility index (Phi) is 7.10. The number of likely N-dealkylation sites (N-methyl/N-ethyl adjacent to an activating group) is 1. The number of amides is 1. The molecule has 0 fully saturated rings. The third-order valence-electron chi connectivity index (χ3n) is 2.95. The molecule has 19 heavy (non-hydrogen) atoms. The smallest absolute Gasteiger partial charge is 0.248 e. The number of nitrogens with one attached hydrogen (secondary N) is 1. The molecule has 0 saturated carbocycles. The van der Waals surface area contributed by atoms with Crippen LogP contribution in [0.2, 0.25) is 0 Å². The lowest BCUT2D eigenvalue weighted by molar-refractivity contribution is -0.122. The lowest BCUT2D eigenvalue weighted by Gasteiger charge is -2.19. The van der Waals surface area contributed by atoms with E-state index in [1.807, 2.05) is 18.0 Å². The predicted molar refractivity (Wildman–Crippen MR) is 77.2 cm³/mol. The van der Waals surface area contributed by atoms with E-state index >= 15 is 0 Å². The lowest BCUT2D eigenvalue weighted by Crippen LogP contribution is -2.39. The van der Waals surface area contributed by atoms with Crippen molar-refractivity contribution in [1.82, 2.24) is 15.2 Å². The molecule has 0 bridgehead atoms. The zero-order valence-electron chi connectivity index (χ0n) is 11.8. The Morgan fingerprint density at radius 1 is 1.16 bits per heavy atom. The van der Waals surface area contributed by atoms with Gasteiger partial charge in [-0.05, 0) is 39.2 Å². The molecule has 3 N–H and O–H groups in total. The zero-order chi connectivity index (χ0) is 14.1. The normalized spacial score (nSPS) is 11.0. The van der Waals surface area contributed by atoms with Crippen LogP contribution in [0.3, 0.4) is 0 Å². The summed E-state index contributed by atoms with van der Waals surface area (Å²) in [6.45, 7) is 3.18. The standard InChI is InChI=1S/C14H24N4O/c1-17(11-13-7-4-3-5-8-13)9-6-10-18(2)12-14(19)16-15/h3-5,7-8H,6,9-12,15H2,1-2H3,(H,16,19). The van der Waals surface area contributed by atoms with Crippen molar-refractivity contribution in [3.63, 3.8) is 0 Å². The Hall–Kier alpha value is -1.43. The minimum Gasteiger partial charge on any atom is -0.302 e. The second-order valence-electron chi connectivity index (χ2n) is 4.88. The molecule has 0 aromatic heterocycles. The molecular formula is C14H24N4O. The number of carbonyl (C=O) groups is 1. The van der Waals surface area contributed by atoms with E-state index in [0.717, 1.165) is 26.1 Å². The monoisotopic (exact) mass is 264 g/mol. The van der Waals surface area contributed by atoms with Crippen LogP contribution in [0.4, 0.5) is 0 Å². The van der Waals surface area contributed by atoms with Crippen LogP contribution in [-0.4, -0.2) is 49.4 Å². The number of hydrazine groups is 1. The highest BCUT2D eigenvalue weighted by molar-refractivity contribution is 5.77. The number of carbonyl (C=O) groups excluding carboxylic acids is 1. The third kappa shape index (κ3) is 6.91. The zero-order valence-corrected chi connectivity index (χ0v) is 11.8. The maximum Gasteiger partial charge on any atom is 0.248 e. The first kappa shape index (κ1) is 15.6. The van der Waals surface area contributed by atoms with Crippen LogP contribution in [0.1, 0.15) is 12.0 Å². The molecule has 0 heterocycles. The summed E-state index contributed by atoms with van der Waals surface area (Å²) in [7, 11) is 4.03. The highest BCUT2D eigenvalue weighted by Gasteiger charge is 2.05. The summed E-state index contributed by atoms with van der Waals surface area (Å²) in [6.07, 6.45) is 1.03. The maximum atomic E-state index is 11.1. The highest BCUT2D eigenvalue weighted by atomic mass is 16.2. The molecule has 0 spiro atoms. The first-order valence-electron chi connectivity index (χ1n) is 6.52. The Morgan fingerprint density at radius 2 is 1.79 bits per heavy atom. The van der Waals surface area contributed by atoms with Crippen LogP contribution in [0.25, 0.3) is 0 Å². The largest absolute Gasteiger partial charge is 0.302 e. The number of hydrogen-bond donors (Lipinski definition) is 2. The summed E-state index contributed by atoms with van der Waals surface area (Å²) in [5, 5.41) is 0. The number of nitrogens with zero attached hydrogens (tertiary/aromatic N) is 2. The van der Waals surface area contributed by atoms with Crippen molar-refractivity contribution in [3.8, 4) is 0 Å². The molecule has 0 aliphatic carbocycles. The Morgan fingerprint density at radius 3 is 2.42 bits per heavy atom. The van der Waals surface area contributed by atoms with E-state index < -0.39 is 0 Å². The van der Waals surface area contributed by atoms with Gasteiger partial charge in [0.25, 0.3) is 0 Å². The van der Waals surface area contributed by atoms with E-state index in [0.29, 0.717) is 6.54 Å². The van der Waals surface area contributed by atoms with Gasteiger partial charge in [0.15, 0.2) is 0 Å². The van der Waals surface area contributed by atoms with Crippen molar-refractivity contribution in [2.45, 2.75) is 13.0 Å². The van der Waals surface area contributed by atoms with E-state index in [1.54, 1.807) is 0 Å². The van der Waals surface area contributed by atoms with E-state index in [2.05, 4.69) is 41.6 Å². The van der Waals surface area contributed by atoms with E-state index in [-0.39, 0.29) is 5.91 Å². The van der Waals surface area contributed by atoms with Crippen molar-refractivity contribution in [3.05, 3.63) is 35.9 Å². The molecule has 1 aromatic carbocycles. The Bertz CT molecular complexity index is 369. The molecule has 106 valence electrons. The van der Waals surface area contributed by atoms with Crippen LogP contribution in [-0.2, 0) is 11.3 Å². The fraction of sp³-hybridized carbons (Fsp3) is 0.500. The summed E-state index contributed by atoms with van der Waals surface area (Å²) in [5.74, 6) is 4.90. The van der Waals surface area contributed by atoms with E-state index in [9.17, 15) is 4.79 Å². The van der Waals surface area contributed by atoms with Gasteiger partial charge in [0, 0.05) is 6.54 Å². The van der Waals surface area contributed by atoms with Crippen LogP contribution >= 0.6 is 0 Å². The van der Waals surface area contributed by atoms with Gasteiger partial charge in [-0.15, -0.1) is 0 Å². The molecule has 0 radical (unpaired) electrons. The topological polar surface area (TPSA) is 61.6 Å². The van der Waals surface area contributed by atoms with E-state index in [4.69, 9.17) is 5.84 Å². The average molecular weight is 264 g/mol. The maximum absolute atomic E-state index is 11.1. The molecule has 5 nitrogen and oxygen atoms in total. The predicted octanol–water partition coefficient (Wildman–Crippen LogP) is 0.430. The second kappa shape index (κ2) is 8.63. The van der Waals surface area contributed by atoms with Gasteiger partial charge in [-0.2, -0.15) is 0 Å². The first-order chi connectivity index (χ1) is 9.11. The minimum atomic E-state index is -0.153. The molecule has 0 aliphatic rings. The van der Waals surface area contributed by atoms with Gasteiger partial charge >= 0.3 is 0 Å². The Labute approximate surface area is 115 Å². The number of benzene rings is 1. The van der Waals surface area contributed by atoms with Crippen LogP contribution in [0.5, 0.6) is 0 Å². The number of hydrogen-bond acceptors (Lipinski definition) is 4. The quantitative estimate of drug-likeness (QED) is 0.406. The summed E-state index contributed by atoms with van der Waals surface area (Å²) >= 11 is 0. The molecular weight excluding hydrogens is 240 g/mol. The fourth-order valence-corrected chi connectivity index (χ4v) is 1.95. The summed E-state index contributed by atoms with van der Waals surface area (Å²) in [5.41, 5.74) is 3.46. The van der Waals surface area contributed by atoms with Crippen LogP contribution < -0.4 is 11.3 Å². The molecule has 1 aromatic rings. The summed E-state index contributed by atoms with van der Waals surface area (Å²) in [4.78, 5) is 15.3. The van der Waals surface area contributed by atoms with Crippen molar-refractivity contribution < 1.29 is 4.79 Å². The molecule has 1 rings (SSSR count). The Balaban J connectivity index is 2.17. The van der Waals surface area contributed by atoms with Gasteiger partial charge in [0.2, 0.25) is 5.91 Å².